The van der Waals surface area contributed by atoms with E-state index >= 15 is 0 Å². The fourth-order valence-corrected chi connectivity index (χ4v) is 3.00. The first-order valence-electron chi connectivity index (χ1n) is 7.27. The first-order chi connectivity index (χ1) is 9.38. The summed E-state index contributed by atoms with van der Waals surface area (Å²) >= 11 is -1.06. The number of aromatic nitrogens is 1. The zero-order chi connectivity index (χ0) is 14.8. The second-order valence-corrected chi connectivity index (χ2v) is 8.36. The van der Waals surface area contributed by atoms with Gasteiger partial charge in [0.2, 0.25) is 0 Å². The molecule has 1 aliphatic heterocycles. The molecule has 2 heterocycles. The van der Waals surface area contributed by atoms with Crippen LogP contribution in [0.1, 0.15) is 52.1 Å². The monoisotopic (exact) mass is 295 g/mol. The molecular formula is C15H25N3OS. The second-order valence-electron chi connectivity index (χ2n) is 6.36. The Morgan fingerprint density at radius 3 is 2.45 bits per heavy atom. The third-order valence-electron chi connectivity index (χ3n) is 3.54. The Kier molecular flexibility index (Phi) is 4.94. The van der Waals surface area contributed by atoms with Gasteiger partial charge in [0.1, 0.15) is 10.6 Å². The summed E-state index contributed by atoms with van der Waals surface area (Å²) in [6, 6.07) is 4.19. The number of hydrogen-bond acceptors (Lipinski definition) is 4. The van der Waals surface area contributed by atoms with Gasteiger partial charge in [0.25, 0.3) is 0 Å². The number of anilines is 1. The van der Waals surface area contributed by atoms with E-state index in [1.807, 2.05) is 33.9 Å². The number of pyridine rings is 1. The van der Waals surface area contributed by atoms with Crippen molar-refractivity contribution in [2.45, 2.75) is 51.3 Å². The molecule has 4 nitrogen and oxygen atoms in total. The van der Waals surface area contributed by atoms with E-state index in [1.54, 1.807) is 0 Å². The minimum absolute atomic E-state index is 0.0372. The Labute approximate surface area is 125 Å². The summed E-state index contributed by atoms with van der Waals surface area (Å²) in [4.78, 5) is 6.85. The van der Waals surface area contributed by atoms with Crippen LogP contribution < -0.4 is 9.62 Å². The lowest BCUT2D eigenvalue weighted by atomic mass is 10.1. The number of rotatable bonds is 4. The Hall–Kier alpha value is -0.780. The van der Waals surface area contributed by atoms with Crippen molar-refractivity contribution in [1.82, 2.24) is 9.71 Å². The highest BCUT2D eigenvalue weighted by Crippen LogP contribution is 2.22. The minimum Gasteiger partial charge on any atom is -0.598 e. The molecule has 0 amide bonds. The Bertz CT molecular complexity index is 424. The van der Waals surface area contributed by atoms with Crippen LogP contribution >= 0.6 is 0 Å². The number of nitrogens with zero attached hydrogens (tertiary/aromatic N) is 2. The molecule has 0 radical (unpaired) electrons. The fraction of sp³-hybridized carbons (Fsp3) is 0.667. The first-order valence-corrected chi connectivity index (χ1v) is 8.42. The van der Waals surface area contributed by atoms with Crippen LogP contribution in [0.25, 0.3) is 0 Å². The molecule has 2 rings (SSSR count). The van der Waals surface area contributed by atoms with Crippen molar-refractivity contribution in [2.24, 2.45) is 0 Å². The van der Waals surface area contributed by atoms with Gasteiger partial charge < -0.3 is 9.45 Å². The number of nitrogens with one attached hydrogen (secondary N) is 1. The van der Waals surface area contributed by atoms with E-state index < -0.39 is 11.4 Å². The third kappa shape index (κ3) is 3.87. The Morgan fingerprint density at radius 2 is 1.95 bits per heavy atom. The maximum absolute atomic E-state index is 12.1. The van der Waals surface area contributed by atoms with Gasteiger partial charge in [-0.2, -0.15) is 0 Å². The van der Waals surface area contributed by atoms with Crippen molar-refractivity contribution in [3.8, 4) is 0 Å². The van der Waals surface area contributed by atoms with Gasteiger partial charge in [-0.05, 0) is 52.2 Å². The first kappa shape index (κ1) is 15.6. The molecule has 0 saturated carbocycles. The summed E-state index contributed by atoms with van der Waals surface area (Å²) in [5.41, 5.74) is 1.07. The van der Waals surface area contributed by atoms with Gasteiger partial charge in [0.15, 0.2) is 0 Å². The van der Waals surface area contributed by atoms with E-state index in [0.717, 1.165) is 24.5 Å². The van der Waals surface area contributed by atoms with E-state index in [4.69, 9.17) is 0 Å². The zero-order valence-electron chi connectivity index (χ0n) is 12.8. The molecule has 0 aliphatic carbocycles. The summed E-state index contributed by atoms with van der Waals surface area (Å²) in [6.07, 6.45) is 4.41. The quantitative estimate of drug-likeness (QED) is 0.868. The molecule has 0 aromatic carbocycles. The fourth-order valence-electron chi connectivity index (χ4n) is 2.19. The maximum Gasteiger partial charge on any atom is 0.136 e. The van der Waals surface area contributed by atoms with Crippen molar-refractivity contribution in [3.63, 3.8) is 0 Å². The van der Waals surface area contributed by atoms with Crippen LogP contribution in [0, 0.1) is 0 Å². The van der Waals surface area contributed by atoms with Gasteiger partial charge in [-0.1, -0.05) is 6.07 Å². The zero-order valence-corrected chi connectivity index (χ0v) is 13.7. The average Bonchev–Trinajstić information content (AvgIpc) is 2.91. The molecule has 0 spiro atoms. The molecule has 1 fully saturated rings. The van der Waals surface area contributed by atoms with Gasteiger partial charge in [-0.15, -0.1) is 4.72 Å². The Morgan fingerprint density at radius 1 is 1.30 bits per heavy atom. The molecule has 5 heteroatoms. The smallest absolute Gasteiger partial charge is 0.136 e. The van der Waals surface area contributed by atoms with Crippen molar-refractivity contribution >= 4 is 17.2 Å². The average molecular weight is 295 g/mol. The van der Waals surface area contributed by atoms with E-state index in [0.29, 0.717) is 0 Å². The molecule has 0 bridgehead atoms. The number of hydrogen-bond donors (Lipinski definition) is 1. The lowest BCUT2D eigenvalue weighted by Crippen LogP contribution is -2.40. The molecule has 112 valence electrons. The molecule has 1 saturated heterocycles. The minimum atomic E-state index is -1.06. The van der Waals surface area contributed by atoms with Crippen molar-refractivity contribution < 1.29 is 4.55 Å². The highest BCUT2D eigenvalue weighted by molar-refractivity contribution is 7.90. The van der Waals surface area contributed by atoms with Gasteiger partial charge in [-0.25, -0.2) is 4.98 Å². The molecule has 1 aromatic rings. The van der Waals surface area contributed by atoms with Crippen LogP contribution in [0.3, 0.4) is 0 Å². The van der Waals surface area contributed by atoms with Crippen molar-refractivity contribution in [1.29, 1.82) is 0 Å². The summed E-state index contributed by atoms with van der Waals surface area (Å²) in [5, 5.41) is 0. The predicted octanol–water partition coefficient (Wildman–Crippen LogP) is 2.79. The molecule has 2 unspecified atom stereocenters. The Balaban J connectivity index is 1.98. The van der Waals surface area contributed by atoms with E-state index in [1.165, 1.54) is 12.8 Å². The summed E-state index contributed by atoms with van der Waals surface area (Å²) in [6.45, 7) is 10.1. The largest absolute Gasteiger partial charge is 0.598 e. The van der Waals surface area contributed by atoms with Gasteiger partial charge in [-0.3, -0.25) is 0 Å². The van der Waals surface area contributed by atoms with Gasteiger partial charge in [0, 0.05) is 30.6 Å². The highest BCUT2D eigenvalue weighted by atomic mass is 32.2. The lowest BCUT2D eigenvalue weighted by molar-refractivity contribution is 0.531. The van der Waals surface area contributed by atoms with E-state index in [2.05, 4.69) is 26.7 Å². The van der Waals surface area contributed by atoms with Crippen LogP contribution in [-0.4, -0.2) is 27.4 Å². The van der Waals surface area contributed by atoms with Crippen LogP contribution in [0.2, 0.25) is 0 Å². The molecule has 1 aliphatic rings. The SMILES string of the molecule is CC(N[S+]([O-])C(C)(C)C)c1ccc(N2CCCC2)nc1. The van der Waals surface area contributed by atoms with E-state index in [-0.39, 0.29) is 10.8 Å². The molecule has 1 N–H and O–H groups in total. The molecule has 20 heavy (non-hydrogen) atoms. The summed E-state index contributed by atoms with van der Waals surface area (Å²) < 4.78 is 15.0. The van der Waals surface area contributed by atoms with Gasteiger partial charge >= 0.3 is 0 Å². The maximum atomic E-state index is 12.1. The predicted molar refractivity (Wildman–Crippen MR) is 85.1 cm³/mol. The van der Waals surface area contributed by atoms with E-state index in [9.17, 15) is 4.55 Å². The van der Waals surface area contributed by atoms with Crippen LogP contribution in [0.5, 0.6) is 0 Å². The highest BCUT2D eigenvalue weighted by Gasteiger charge is 2.28. The molecule has 1 aromatic heterocycles. The standard InChI is InChI=1S/C15H25N3OS/c1-12(17-20(19)15(2,3)4)13-7-8-14(16-11-13)18-9-5-6-10-18/h7-8,11-12,17H,5-6,9-10H2,1-4H3. The normalized spacial score (nSPS) is 19.1. The molecule has 2 atom stereocenters. The topological polar surface area (TPSA) is 51.2 Å². The summed E-state index contributed by atoms with van der Waals surface area (Å²) in [7, 11) is 0. The lowest BCUT2D eigenvalue weighted by Gasteiger charge is -2.26. The summed E-state index contributed by atoms with van der Waals surface area (Å²) in [5.74, 6) is 1.05. The van der Waals surface area contributed by atoms with Crippen molar-refractivity contribution in [2.75, 3.05) is 18.0 Å². The second kappa shape index (κ2) is 6.33. The van der Waals surface area contributed by atoms with Crippen LogP contribution in [0.15, 0.2) is 18.3 Å². The molecular weight excluding hydrogens is 270 g/mol. The van der Waals surface area contributed by atoms with Gasteiger partial charge in [0.05, 0.1) is 6.04 Å². The van der Waals surface area contributed by atoms with Crippen molar-refractivity contribution in [3.05, 3.63) is 23.9 Å². The van der Waals surface area contributed by atoms with Crippen LogP contribution in [-0.2, 0) is 11.4 Å². The third-order valence-corrected chi connectivity index (χ3v) is 5.22. The van der Waals surface area contributed by atoms with Crippen LogP contribution in [0.4, 0.5) is 5.82 Å².